The molecule has 1 aromatic heterocycles. The van der Waals surface area contributed by atoms with Gasteiger partial charge < -0.3 is 9.26 Å². The molecule has 0 spiro atoms. The molecule has 5 unspecified atom stereocenters. The maximum atomic E-state index is 14.9. The van der Waals surface area contributed by atoms with Gasteiger partial charge in [0.1, 0.15) is 5.69 Å². The van der Waals surface area contributed by atoms with Crippen LogP contribution < -0.4 is 5.30 Å². The van der Waals surface area contributed by atoms with Gasteiger partial charge in [-0.05, 0) is 24.1 Å². The molecular weight excluding hydrogens is 457 g/mol. The van der Waals surface area contributed by atoms with Crippen LogP contribution in [0.5, 0.6) is 0 Å². The minimum atomic E-state index is -3.43. The Bertz CT molecular complexity index is 1280. The van der Waals surface area contributed by atoms with E-state index in [0.29, 0.717) is 11.9 Å². The van der Waals surface area contributed by atoms with Crippen molar-refractivity contribution < 1.29 is 13.8 Å². The monoisotopic (exact) mass is 487 g/mol. The number of nitrogens with zero attached hydrogens (tertiary/aromatic N) is 3. The van der Waals surface area contributed by atoms with E-state index in [-0.39, 0.29) is 18.1 Å². The highest BCUT2D eigenvalue weighted by Gasteiger charge is 2.53. The second kappa shape index (κ2) is 10.3. The zero-order chi connectivity index (χ0) is 24.3. The second-order valence-electron chi connectivity index (χ2n) is 8.97. The van der Waals surface area contributed by atoms with E-state index in [2.05, 4.69) is 24.2 Å². The molecule has 0 N–H and O–H groups in total. The standard InChI is InChI=1S/C28H30N3O3P/c1-3-26-21(2)27(33-20-22-13-7-4-8-14-22)28(35(32,34-26)24-17-11-6-12-18-24)31-19-25(29-30-31)23-15-9-5-10-16-23/h4-19,21,26-28H,3,20H2,1-2H3. The molecule has 5 rings (SSSR count). The van der Waals surface area contributed by atoms with Gasteiger partial charge >= 0.3 is 0 Å². The first-order valence-electron chi connectivity index (χ1n) is 12.1. The van der Waals surface area contributed by atoms with Crippen molar-refractivity contribution in [1.82, 2.24) is 15.0 Å². The summed E-state index contributed by atoms with van der Waals surface area (Å²) in [5.74, 6) is -0.639. The molecule has 5 atom stereocenters. The molecule has 35 heavy (non-hydrogen) atoms. The Kier molecular flexibility index (Phi) is 6.96. The summed E-state index contributed by atoms with van der Waals surface area (Å²) in [4.78, 5) is 0. The van der Waals surface area contributed by atoms with Crippen molar-refractivity contribution in [3.8, 4) is 11.3 Å². The van der Waals surface area contributed by atoms with Crippen molar-refractivity contribution in [2.75, 3.05) is 0 Å². The smallest absolute Gasteiger partial charge is 0.258 e. The van der Waals surface area contributed by atoms with Crippen LogP contribution in [-0.4, -0.2) is 27.2 Å². The van der Waals surface area contributed by atoms with Gasteiger partial charge in [0, 0.05) is 16.8 Å². The Hall–Kier alpha value is -3.05. The van der Waals surface area contributed by atoms with E-state index in [1.165, 1.54) is 0 Å². The van der Waals surface area contributed by atoms with E-state index in [0.717, 1.165) is 23.2 Å². The van der Waals surface area contributed by atoms with Crippen molar-refractivity contribution in [3.63, 3.8) is 0 Å². The van der Waals surface area contributed by atoms with E-state index in [4.69, 9.17) is 9.26 Å². The Morgan fingerprint density at radius 2 is 1.57 bits per heavy atom. The van der Waals surface area contributed by atoms with Gasteiger partial charge in [-0.15, -0.1) is 5.10 Å². The van der Waals surface area contributed by atoms with Gasteiger partial charge in [0.05, 0.1) is 25.0 Å². The highest BCUT2D eigenvalue weighted by atomic mass is 31.2. The predicted octanol–water partition coefficient (Wildman–Crippen LogP) is 6.08. The molecule has 1 aliphatic heterocycles. The highest BCUT2D eigenvalue weighted by molar-refractivity contribution is 7.67. The first-order valence-corrected chi connectivity index (χ1v) is 13.8. The van der Waals surface area contributed by atoms with Crippen molar-refractivity contribution in [2.24, 2.45) is 5.92 Å². The van der Waals surface area contributed by atoms with Crippen LogP contribution in [-0.2, 0) is 20.4 Å². The largest absolute Gasteiger partial charge is 0.370 e. The Labute approximate surface area is 206 Å². The summed E-state index contributed by atoms with van der Waals surface area (Å²) in [6, 6.07) is 29.4. The molecule has 1 saturated heterocycles. The molecule has 3 aromatic carbocycles. The molecule has 180 valence electrons. The van der Waals surface area contributed by atoms with Crippen LogP contribution in [0.4, 0.5) is 0 Å². The lowest BCUT2D eigenvalue weighted by Crippen LogP contribution is -2.46. The summed E-state index contributed by atoms with van der Waals surface area (Å²) in [6.07, 6.45) is 2.01. The third-order valence-electron chi connectivity index (χ3n) is 6.69. The summed E-state index contributed by atoms with van der Waals surface area (Å²) >= 11 is 0. The van der Waals surface area contributed by atoms with Crippen LogP contribution in [0.25, 0.3) is 11.3 Å². The van der Waals surface area contributed by atoms with Crippen molar-refractivity contribution in [1.29, 1.82) is 0 Å². The molecule has 1 aliphatic rings. The van der Waals surface area contributed by atoms with Gasteiger partial charge in [-0.2, -0.15) is 0 Å². The number of hydrogen-bond donors (Lipinski definition) is 0. The van der Waals surface area contributed by atoms with E-state index < -0.39 is 13.2 Å². The van der Waals surface area contributed by atoms with Gasteiger partial charge in [0.15, 0.2) is 5.78 Å². The third kappa shape index (κ3) is 4.74. The van der Waals surface area contributed by atoms with Crippen LogP contribution in [0.3, 0.4) is 0 Å². The summed E-state index contributed by atoms with van der Waals surface area (Å²) < 4.78 is 29.6. The molecule has 7 heteroatoms. The number of hydrogen-bond acceptors (Lipinski definition) is 5. The normalized spacial score (nSPS) is 26.5. The average Bonchev–Trinajstić information content (AvgIpc) is 3.40. The minimum Gasteiger partial charge on any atom is -0.370 e. The van der Waals surface area contributed by atoms with Crippen molar-refractivity contribution in [2.45, 2.75) is 44.9 Å². The van der Waals surface area contributed by atoms with Crippen LogP contribution >= 0.6 is 7.37 Å². The fourth-order valence-corrected chi connectivity index (χ4v) is 7.84. The van der Waals surface area contributed by atoms with E-state index >= 15 is 0 Å². The molecule has 1 fully saturated rings. The molecule has 0 radical (unpaired) electrons. The zero-order valence-corrected chi connectivity index (χ0v) is 20.9. The third-order valence-corrected chi connectivity index (χ3v) is 9.52. The van der Waals surface area contributed by atoms with Gasteiger partial charge in [-0.3, -0.25) is 4.57 Å². The average molecular weight is 488 g/mol. The maximum absolute atomic E-state index is 14.9. The molecule has 2 heterocycles. The fourth-order valence-electron chi connectivity index (χ4n) is 4.79. The SMILES string of the molecule is CCC1OP(=O)(c2ccccc2)C(n2cc(-c3ccccc3)nn2)C(OCc2ccccc2)C1C. The molecule has 0 bridgehead atoms. The van der Waals surface area contributed by atoms with E-state index in [1.807, 2.05) is 97.2 Å². The molecule has 0 aliphatic carbocycles. The molecule has 0 saturated carbocycles. The molecular formula is C28H30N3O3P. The van der Waals surface area contributed by atoms with Crippen LogP contribution in [0.15, 0.2) is 97.2 Å². The van der Waals surface area contributed by atoms with Gasteiger partial charge in [-0.1, -0.05) is 97.9 Å². The highest BCUT2D eigenvalue weighted by Crippen LogP contribution is 2.64. The lowest BCUT2D eigenvalue weighted by molar-refractivity contribution is -0.0664. The lowest BCUT2D eigenvalue weighted by Gasteiger charge is -2.45. The van der Waals surface area contributed by atoms with Gasteiger partial charge in [0.25, 0.3) is 7.37 Å². The molecule has 0 amide bonds. The van der Waals surface area contributed by atoms with Gasteiger partial charge in [-0.25, -0.2) is 4.68 Å². The first kappa shape index (κ1) is 23.7. The predicted molar refractivity (Wildman–Crippen MR) is 138 cm³/mol. The number of rotatable bonds is 7. The lowest BCUT2D eigenvalue weighted by atomic mass is 9.95. The number of ether oxygens (including phenoxy) is 1. The van der Waals surface area contributed by atoms with E-state index in [1.54, 1.807) is 4.68 Å². The second-order valence-corrected chi connectivity index (χ2v) is 11.4. The van der Waals surface area contributed by atoms with Crippen LogP contribution in [0.2, 0.25) is 0 Å². The quantitative estimate of drug-likeness (QED) is 0.296. The van der Waals surface area contributed by atoms with Crippen molar-refractivity contribution in [3.05, 3.63) is 103 Å². The first-order chi connectivity index (χ1) is 17.1. The number of aromatic nitrogens is 3. The summed E-state index contributed by atoms with van der Waals surface area (Å²) in [7, 11) is -3.43. The fraction of sp³-hybridized carbons (Fsp3) is 0.286. The Morgan fingerprint density at radius 1 is 0.943 bits per heavy atom. The molecule has 6 nitrogen and oxygen atoms in total. The zero-order valence-electron chi connectivity index (χ0n) is 20.0. The molecule has 4 aromatic rings. The summed E-state index contributed by atoms with van der Waals surface area (Å²) in [5, 5.41) is 9.55. The van der Waals surface area contributed by atoms with Gasteiger partial charge in [0.2, 0.25) is 0 Å². The Balaban J connectivity index is 1.59. The maximum Gasteiger partial charge on any atom is 0.258 e. The van der Waals surface area contributed by atoms with E-state index in [9.17, 15) is 4.57 Å². The van der Waals surface area contributed by atoms with Crippen molar-refractivity contribution >= 4 is 12.7 Å². The summed E-state index contributed by atoms with van der Waals surface area (Å²) in [6.45, 7) is 4.59. The number of benzene rings is 3. The van der Waals surface area contributed by atoms with Crippen LogP contribution in [0.1, 0.15) is 31.6 Å². The minimum absolute atomic E-state index is 0.00359. The summed E-state index contributed by atoms with van der Waals surface area (Å²) in [5.41, 5.74) is 2.74. The Morgan fingerprint density at radius 3 is 2.23 bits per heavy atom. The van der Waals surface area contributed by atoms with Crippen LogP contribution in [0, 0.1) is 5.92 Å². The topological polar surface area (TPSA) is 66.2 Å².